The third-order valence-electron chi connectivity index (χ3n) is 7.56. The van der Waals surface area contributed by atoms with Gasteiger partial charge < -0.3 is 9.64 Å². The minimum absolute atomic E-state index is 0.132. The van der Waals surface area contributed by atoms with Gasteiger partial charge in [-0.15, -0.1) is 0 Å². The highest BCUT2D eigenvalue weighted by atomic mass is 16.6. The van der Waals surface area contributed by atoms with E-state index >= 15 is 0 Å². The lowest BCUT2D eigenvalue weighted by Gasteiger charge is -2.44. The molecule has 2 aliphatic heterocycles. The number of nitrogens with zero attached hydrogens (tertiary/aromatic N) is 1. The van der Waals surface area contributed by atoms with Crippen molar-refractivity contribution in [3.8, 4) is 0 Å². The third-order valence-corrected chi connectivity index (χ3v) is 7.56. The number of hydrogen-bond acceptors (Lipinski definition) is 3. The molecule has 5 rings (SSSR count). The first-order valence-electron chi connectivity index (χ1n) is 11.1. The number of rotatable bonds is 2. The molecular formula is C25H31NO2. The summed E-state index contributed by atoms with van der Waals surface area (Å²) in [5, 5.41) is 0. The second kappa shape index (κ2) is 6.79. The predicted octanol–water partition coefficient (Wildman–Crippen LogP) is 5.23. The molecule has 0 amide bonds. The van der Waals surface area contributed by atoms with Crippen LogP contribution in [0.4, 0.5) is 0 Å². The van der Waals surface area contributed by atoms with Crippen molar-refractivity contribution >= 4 is 5.97 Å². The fraction of sp³-hybridized carbons (Fsp3) is 0.560. The molecule has 3 aliphatic carbocycles. The molecule has 0 aromatic rings. The van der Waals surface area contributed by atoms with E-state index < -0.39 is 0 Å². The highest BCUT2D eigenvalue weighted by Crippen LogP contribution is 2.54. The molecule has 0 spiro atoms. The lowest BCUT2D eigenvalue weighted by molar-refractivity contribution is -0.162. The summed E-state index contributed by atoms with van der Waals surface area (Å²) in [7, 11) is 0. The number of carbonyl (C=O) groups is 1. The molecule has 3 heteroatoms. The van der Waals surface area contributed by atoms with E-state index in [1.165, 1.54) is 24.1 Å². The van der Waals surface area contributed by atoms with Crippen molar-refractivity contribution in [2.75, 3.05) is 13.1 Å². The summed E-state index contributed by atoms with van der Waals surface area (Å²) in [4.78, 5) is 14.7. The Morgan fingerprint density at radius 1 is 1.32 bits per heavy atom. The van der Waals surface area contributed by atoms with Crippen molar-refractivity contribution in [1.82, 2.24) is 4.90 Å². The van der Waals surface area contributed by atoms with Gasteiger partial charge in [-0.05, 0) is 61.3 Å². The van der Waals surface area contributed by atoms with Crippen LogP contribution in [0.5, 0.6) is 0 Å². The maximum absolute atomic E-state index is 12.2. The van der Waals surface area contributed by atoms with E-state index in [0.717, 1.165) is 45.2 Å². The Labute approximate surface area is 168 Å². The molecule has 1 saturated heterocycles. The van der Waals surface area contributed by atoms with Gasteiger partial charge >= 0.3 is 5.97 Å². The van der Waals surface area contributed by atoms with Gasteiger partial charge in [0, 0.05) is 44.0 Å². The van der Waals surface area contributed by atoms with E-state index in [0.29, 0.717) is 11.8 Å². The summed E-state index contributed by atoms with van der Waals surface area (Å²) in [5.41, 5.74) is 7.31. The zero-order valence-electron chi connectivity index (χ0n) is 17.2. The molecule has 5 aliphatic rings. The van der Waals surface area contributed by atoms with Crippen LogP contribution in [0.1, 0.15) is 58.8 Å². The quantitative estimate of drug-likeness (QED) is 0.617. The molecule has 3 unspecified atom stereocenters. The average molecular weight is 378 g/mol. The van der Waals surface area contributed by atoms with Crippen LogP contribution in [0.25, 0.3) is 0 Å². The Kier molecular flexibility index (Phi) is 4.37. The molecule has 0 aromatic carbocycles. The van der Waals surface area contributed by atoms with Gasteiger partial charge in [0.25, 0.3) is 0 Å². The van der Waals surface area contributed by atoms with E-state index in [1.807, 2.05) is 0 Å². The summed E-state index contributed by atoms with van der Waals surface area (Å²) in [6, 6.07) is 0. The van der Waals surface area contributed by atoms with Crippen molar-refractivity contribution in [3.63, 3.8) is 0 Å². The van der Waals surface area contributed by atoms with Crippen molar-refractivity contribution in [2.45, 2.75) is 64.4 Å². The number of hydrogen-bond donors (Lipinski definition) is 0. The van der Waals surface area contributed by atoms with Crippen molar-refractivity contribution in [1.29, 1.82) is 0 Å². The van der Waals surface area contributed by atoms with Gasteiger partial charge in [0.2, 0.25) is 0 Å². The summed E-state index contributed by atoms with van der Waals surface area (Å²) < 4.78 is 6.21. The molecule has 148 valence electrons. The second-order valence-electron chi connectivity index (χ2n) is 9.02. The molecule has 0 N–H and O–H groups in total. The van der Waals surface area contributed by atoms with Crippen molar-refractivity contribution in [2.24, 2.45) is 11.8 Å². The monoisotopic (exact) mass is 377 g/mol. The van der Waals surface area contributed by atoms with Gasteiger partial charge in [0.15, 0.2) is 0 Å². The summed E-state index contributed by atoms with van der Waals surface area (Å²) in [6.45, 7) is 5.80. The summed E-state index contributed by atoms with van der Waals surface area (Å²) >= 11 is 0. The van der Waals surface area contributed by atoms with E-state index in [2.05, 4.69) is 42.2 Å². The summed E-state index contributed by atoms with van der Waals surface area (Å²) in [5.74, 6) is 0.706. The SMILES string of the molecule is CCC1(OC(C)=O)CC2=C3C(=C4C=CCCC41)CN1CC=CC=C1C3CCC2. The molecule has 0 bridgehead atoms. The molecule has 28 heavy (non-hydrogen) atoms. The minimum Gasteiger partial charge on any atom is -0.458 e. The number of fused-ring (bicyclic) bond motifs is 3. The molecular weight excluding hydrogens is 346 g/mol. The van der Waals surface area contributed by atoms with E-state index in [-0.39, 0.29) is 11.6 Å². The van der Waals surface area contributed by atoms with Crippen LogP contribution < -0.4 is 0 Å². The lowest BCUT2D eigenvalue weighted by Crippen LogP contribution is -2.43. The van der Waals surface area contributed by atoms with Crippen LogP contribution in [0.15, 0.2) is 58.4 Å². The topological polar surface area (TPSA) is 29.5 Å². The highest BCUT2D eigenvalue weighted by molar-refractivity contribution is 5.67. The number of carbonyl (C=O) groups excluding carboxylic acids is 1. The van der Waals surface area contributed by atoms with E-state index in [1.54, 1.807) is 23.6 Å². The number of allylic oxidation sites excluding steroid dienone is 5. The second-order valence-corrected chi connectivity index (χ2v) is 9.02. The molecule has 0 aromatic heterocycles. The minimum atomic E-state index is -0.381. The zero-order chi connectivity index (χ0) is 19.3. The van der Waals surface area contributed by atoms with Crippen LogP contribution in [0, 0.1) is 11.8 Å². The van der Waals surface area contributed by atoms with Gasteiger partial charge in [-0.3, -0.25) is 4.79 Å². The van der Waals surface area contributed by atoms with Crippen LogP contribution in [-0.2, 0) is 9.53 Å². The van der Waals surface area contributed by atoms with Gasteiger partial charge in [-0.25, -0.2) is 0 Å². The molecule has 3 nitrogen and oxygen atoms in total. The maximum Gasteiger partial charge on any atom is 0.303 e. The first-order valence-corrected chi connectivity index (χ1v) is 11.1. The Morgan fingerprint density at radius 3 is 3.04 bits per heavy atom. The number of ether oxygens (including phenoxy) is 1. The zero-order valence-corrected chi connectivity index (χ0v) is 17.2. The van der Waals surface area contributed by atoms with Gasteiger partial charge in [-0.1, -0.05) is 36.8 Å². The maximum atomic E-state index is 12.2. The van der Waals surface area contributed by atoms with E-state index in [4.69, 9.17) is 4.74 Å². The lowest BCUT2D eigenvalue weighted by atomic mass is 9.72. The van der Waals surface area contributed by atoms with Crippen LogP contribution >= 0.6 is 0 Å². The smallest absolute Gasteiger partial charge is 0.303 e. The number of piperidine rings is 1. The van der Waals surface area contributed by atoms with E-state index in [9.17, 15) is 4.79 Å². The van der Waals surface area contributed by atoms with Crippen LogP contribution in [0.2, 0.25) is 0 Å². The standard InChI is InChI=1S/C25H31NO2/c1-3-25(28-17(2)27)15-18-9-8-11-20-23-13-6-7-14-26(23)16-21(24(18)20)19-10-4-5-12-22(19)25/h4,6-7,10,13,20,22H,3,5,8-9,11-12,14-16H2,1-2H3. The molecule has 0 saturated carbocycles. The normalized spacial score (nSPS) is 33.6. The van der Waals surface area contributed by atoms with Gasteiger partial charge in [-0.2, -0.15) is 0 Å². The first-order chi connectivity index (χ1) is 13.6. The fourth-order valence-electron chi connectivity index (χ4n) is 6.45. The molecule has 3 atom stereocenters. The van der Waals surface area contributed by atoms with Gasteiger partial charge in [0.05, 0.1) is 0 Å². The van der Waals surface area contributed by atoms with Gasteiger partial charge in [0.1, 0.15) is 5.60 Å². The van der Waals surface area contributed by atoms with Crippen LogP contribution in [-0.4, -0.2) is 29.6 Å². The molecule has 2 heterocycles. The Bertz CT molecular complexity index is 856. The first kappa shape index (κ1) is 18.0. The number of esters is 1. The average Bonchev–Trinajstić information content (AvgIpc) is 2.83. The largest absolute Gasteiger partial charge is 0.458 e. The van der Waals surface area contributed by atoms with Crippen molar-refractivity contribution in [3.05, 3.63) is 58.4 Å². The Morgan fingerprint density at radius 2 is 2.21 bits per heavy atom. The predicted molar refractivity (Wildman–Crippen MR) is 111 cm³/mol. The molecule has 1 fully saturated rings. The third kappa shape index (κ3) is 2.66. The Hall–Kier alpha value is -2.03. The molecule has 0 radical (unpaired) electrons. The Balaban J connectivity index is 1.73. The highest BCUT2D eigenvalue weighted by Gasteiger charge is 2.49. The fourth-order valence-corrected chi connectivity index (χ4v) is 6.45. The van der Waals surface area contributed by atoms with Crippen molar-refractivity contribution < 1.29 is 9.53 Å². The van der Waals surface area contributed by atoms with Crippen LogP contribution in [0.3, 0.4) is 0 Å². The summed E-state index contributed by atoms with van der Waals surface area (Å²) in [6.07, 6.45) is 19.1.